The zero-order valence-electron chi connectivity index (χ0n) is 8.29. The lowest BCUT2D eigenvalue weighted by atomic mass is 10.0. The van der Waals surface area contributed by atoms with E-state index >= 15 is 0 Å². The molecule has 3 nitrogen and oxygen atoms in total. The number of hydrogen-bond acceptors (Lipinski definition) is 3. The van der Waals surface area contributed by atoms with E-state index in [4.69, 9.17) is 4.42 Å². The molecule has 13 heavy (non-hydrogen) atoms. The Morgan fingerprint density at radius 1 is 1.38 bits per heavy atom. The van der Waals surface area contributed by atoms with Crippen LogP contribution >= 0.6 is 0 Å². The highest BCUT2D eigenvalue weighted by atomic mass is 16.4. The van der Waals surface area contributed by atoms with Crippen LogP contribution in [0.3, 0.4) is 0 Å². The summed E-state index contributed by atoms with van der Waals surface area (Å²) in [6, 6.07) is 0. The van der Waals surface area contributed by atoms with Crippen molar-refractivity contribution in [2.24, 2.45) is 11.8 Å². The van der Waals surface area contributed by atoms with Crippen LogP contribution in [-0.2, 0) is 6.42 Å². The standard InChI is InChI=1S/C10H16N2O/c1-7-3-4-9(5-7)6-10-12-11-8(2)13-10/h7,9H,3-6H2,1-2H3. The SMILES string of the molecule is Cc1nnc(CC2CCC(C)C2)o1. The third-order valence-corrected chi connectivity index (χ3v) is 2.83. The smallest absolute Gasteiger partial charge is 0.216 e. The van der Waals surface area contributed by atoms with Crippen molar-refractivity contribution in [2.45, 2.75) is 39.5 Å². The molecule has 1 aromatic heterocycles. The van der Waals surface area contributed by atoms with Crippen LogP contribution in [0.4, 0.5) is 0 Å². The van der Waals surface area contributed by atoms with Gasteiger partial charge < -0.3 is 4.42 Å². The zero-order valence-corrected chi connectivity index (χ0v) is 8.29. The lowest BCUT2D eigenvalue weighted by Gasteiger charge is -2.04. The van der Waals surface area contributed by atoms with Gasteiger partial charge in [0.05, 0.1) is 0 Å². The highest BCUT2D eigenvalue weighted by molar-refractivity contribution is 4.85. The summed E-state index contributed by atoms with van der Waals surface area (Å²) >= 11 is 0. The lowest BCUT2D eigenvalue weighted by molar-refractivity contribution is 0.411. The third kappa shape index (κ3) is 2.08. The van der Waals surface area contributed by atoms with E-state index in [0.29, 0.717) is 5.89 Å². The maximum absolute atomic E-state index is 5.36. The molecule has 1 heterocycles. The summed E-state index contributed by atoms with van der Waals surface area (Å²) in [4.78, 5) is 0. The number of rotatable bonds is 2. The van der Waals surface area contributed by atoms with Crippen LogP contribution < -0.4 is 0 Å². The molecule has 0 aromatic carbocycles. The van der Waals surface area contributed by atoms with Crippen molar-refractivity contribution in [3.8, 4) is 0 Å². The second-order valence-electron chi connectivity index (χ2n) is 4.20. The molecule has 0 bridgehead atoms. The Bertz CT molecular complexity index is 282. The normalized spacial score (nSPS) is 28.2. The molecular weight excluding hydrogens is 164 g/mol. The van der Waals surface area contributed by atoms with Gasteiger partial charge in [-0.25, -0.2) is 0 Å². The van der Waals surface area contributed by atoms with Gasteiger partial charge in [-0.1, -0.05) is 13.3 Å². The van der Waals surface area contributed by atoms with Crippen LogP contribution in [0, 0.1) is 18.8 Å². The molecule has 0 spiro atoms. The van der Waals surface area contributed by atoms with Gasteiger partial charge in [0.1, 0.15) is 0 Å². The molecule has 1 fully saturated rings. The molecule has 0 amide bonds. The van der Waals surface area contributed by atoms with E-state index in [2.05, 4.69) is 17.1 Å². The van der Waals surface area contributed by atoms with E-state index < -0.39 is 0 Å². The fraction of sp³-hybridized carbons (Fsp3) is 0.800. The monoisotopic (exact) mass is 180 g/mol. The zero-order chi connectivity index (χ0) is 9.26. The van der Waals surface area contributed by atoms with Gasteiger partial charge >= 0.3 is 0 Å². The number of aryl methyl sites for hydroxylation is 1. The average Bonchev–Trinajstić information content (AvgIpc) is 2.62. The van der Waals surface area contributed by atoms with Crippen molar-refractivity contribution < 1.29 is 4.42 Å². The first-order valence-corrected chi connectivity index (χ1v) is 5.03. The van der Waals surface area contributed by atoms with Gasteiger partial charge in [0.25, 0.3) is 0 Å². The molecule has 1 aliphatic carbocycles. The summed E-state index contributed by atoms with van der Waals surface area (Å²) < 4.78 is 5.36. The maximum atomic E-state index is 5.36. The molecule has 2 rings (SSSR count). The summed E-state index contributed by atoms with van der Waals surface area (Å²) in [6.07, 6.45) is 4.98. The maximum Gasteiger partial charge on any atom is 0.216 e. The molecule has 2 unspecified atom stereocenters. The predicted octanol–water partition coefficient (Wildman–Crippen LogP) is 2.36. The first-order chi connectivity index (χ1) is 6.24. The molecule has 0 N–H and O–H groups in total. The Morgan fingerprint density at radius 3 is 2.77 bits per heavy atom. The molecule has 1 aliphatic rings. The number of aromatic nitrogens is 2. The summed E-state index contributed by atoms with van der Waals surface area (Å²) in [7, 11) is 0. The van der Waals surface area contributed by atoms with Crippen molar-refractivity contribution in [1.29, 1.82) is 0 Å². The first-order valence-electron chi connectivity index (χ1n) is 5.03. The van der Waals surface area contributed by atoms with E-state index in [-0.39, 0.29) is 0 Å². The van der Waals surface area contributed by atoms with Crippen molar-refractivity contribution in [3.63, 3.8) is 0 Å². The fourth-order valence-corrected chi connectivity index (χ4v) is 2.18. The van der Waals surface area contributed by atoms with Crippen molar-refractivity contribution in [3.05, 3.63) is 11.8 Å². The summed E-state index contributed by atoms with van der Waals surface area (Å²) in [6.45, 7) is 4.16. The van der Waals surface area contributed by atoms with E-state index in [1.165, 1.54) is 19.3 Å². The number of nitrogens with zero attached hydrogens (tertiary/aromatic N) is 2. The van der Waals surface area contributed by atoms with Crippen LogP contribution in [0.25, 0.3) is 0 Å². The quantitative estimate of drug-likeness (QED) is 0.701. The van der Waals surface area contributed by atoms with E-state index in [0.717, 1.165) is 24.1 Å². The number of hydrogen-bond donors (Lipinski definition) is 0. The second kappa shape index (κ2) is 3.48. The molecule has 3 heteroatoms. The Kier molecular flexibility index (Phi) is 2.34. The molecule has 1 aromatic rings. The minimum Gasteiger partial charge on any atom is -0.426 e. The van der Waals surface area contributed by atoms with Gasteiger partial charge in [-0.2, -0.15) is 0 Å². The largest absolute Gasteiger partial charge is 0.426 e. The Labute approximate surface area is 78.5 Å². The summed E-state index contributed by atoms with van der Waals surface area (Å²) in [5.41, 5.74) is 0. The van der Waals surface area contributed by atoms with E-state index in [1.54, 1.807) is 0 Å². The fourth-order valence-electron chi connectivity index (χ4n) is 2.18. The van der Waals surface area contributed by atoms with Crippen LogP contribution in [0.5, 0.6) is 0 Å². The van der Waals surface area contributed by atoms with Gasteiger partial charge in [0.2, 0.25) is 11.8 Å². The third-order valence-electron chi connectivity index (χ3n) is 2.83. The predicted molar refractivity (Wildman–Crippen MR) is 49.2 cm³/mol. The Balaban J connectivity index is 1.91. The van der Waals surface area contributed by atoms with Gasteiger partial charge in [0, 0.05) is 13.3 Å². The molecule has 1 saturated carbocycles. The summed E-state index contributed by atoms with van der Waals surface area (Å²) in [5, 5.41) is 7.85. The van der Waals surface area contributed by atoms with Crippen LogP contribution in [0.2, 0.25) is 0 Å². The summed E-state index contributed by atoms with van der Waals surface area (Å²) in [5.74, 6) is 3.15. The van der Waals surface area contributed by atoms with Gasteiger partial charge in [0.15, 0.2) is 0 Å². The first kappa shape index (κ1) is 8.73. The Morgan fingerprint density at radius 2 is 2.23 bits per heavy atom. The van der Waals surface area contributed by atoms with Crippen molar-refractivity contribution in [2.75, 3.05) is 0 Å². The van der Waals surface area contributed by atoms with E-state index in [9.17, 15) is 0 Å². The molecular formula is C10H16N2O. The van der Waals surface area contributed by atoms with E-state index in [1.807, 2.05) is 6.92 Å². The molecule has 0 radical (unpaired) electrons. The lowest BCUT2D eigenvalue weighted by Crippen LogP contribution is -1.99. The molecule has 0 aliphatic heterocycles. The van der Waals surface area contributed by atoms with Gasteiger partial charge in [-0.3, -0.25) is 0 Å². The van der Waals surface area contributed by atoms with Crippen molar-refractivity contribution >= 4 is 0 Å². The topological polar surface area (TPSA) is 38.9 Å². The highest BCUT2D eigenvalue weighted by Gasteiger charge is 2.23. The minimum absolute atomic E-state index is 0.682. The van der Waals surface area contributed by atoms with Crippen LogP contribution in [-0.4, -0.2) is 10.2 Å². The highest BCUT2D eigenvalue weighted by Crippen LogP contribution is 2.32. The molecule has 2 atom stereocenters. The molecule has 72 valence electrons. The average molecular weight is 180 g/mol. The van der Waals surface area contributed by atoms with Crippen molar-refractivity contribution in [1.82, 2.24) is 10.2 Å². The minimum atomic E-state index is 0.682. The Hall–Kier alpha value is -0.860. The van der Waals surface area contributed by atoms with Gasteiger partial charge in [-0.15, -0.1) is 10.2 Å². The van der Waals surface area contributed by atoms with Crippen LogP contribution in [0.15, 0.2) is 4.42 Å². The van der Waals surface area contributed by atoms with Gasteiger partial charge in [-0.05, 0) is 24.7 Å². The van der Waals surface area contributed by atoms with Crippen LogP contribution in [0.1, 0.15) is 38.0 Å². The molecule has 0 saturated heterocycles. The second-order valence-corrected chi connectivity index (χ2v) is 4.20.